The third-order valence-electron chi connectivity index (χ3n) is 4.66. The molecule has 2 aromatic rings. The Hall–Kier alpha value is -2.25. The summed E-state index contributed by atoms with van der Waals surface area (Å²) in [4.78, 5) is 14.5. The summed E-state index contributed by atoms with van der Waals surface area (Å²) in [5, 5.41) is 20.6. The number of carbonyl (C=O) groups is 1. The molecule has 1 unspecified atom stereocenters. The standard InChI is InChI=1S/C18H25N5O2/c1-14-6-9-22(10-7-14)13-17(24)12-19-18(25)15-2-4-16(5-3-15)23-11-8-20-21-23/h2-5,8,11,14,17,24H,6-7,9-10,12-13H2,1H3,(H,19,25). The molecule has 2 heterocycles. The minimum Gasteiger partial charge on any atom is -0.390 e. The number of aliphatic hydroxyl groups excluding tert-OH is 1. The number of hydrogen-bond acceptors (Lipinski definition) is 5. The van der Waals surface area contributed by atoms with Crippen molar-refractivity contribution >= 4 is 5.91 Å². The van der Waals surface area contributed by atoms with Crippen LogP contribution in [-0.4, -0.2) is 63.2 Å². The summed E-state index contributed by atoms with van der Waals surface area (Å²) in [6, 6.07) is 7.11. The number of rotatable bonds is 6. The predicted octanol–water partition coefficient (Wildman–Crippen LogP) is 1.09. The molecule has 1 aliphatic rings. The van der Waals surface area contributed by atoms with E-state index in [1.807, 2.05) is 12.1 Å². The van der Waals surface area contributed by atoms with Crippen molar-refractivity contribution in [3.63, 3.8) is 0 Å². The molecular weight excluding hydrogens is 318 g/mol. The summed E-state index contributed by atoms with van der Waals surface area (Å²) >= 11 is 0. The van der Waals surface area contributed by atoms with Gasteiger partial charge in [-0.25, -0.2) is 4.68 Å². The molecule has 1 fully saturated rings. The van der Waals surface area contributed by atoms with Crippen molar-refractivity contribution in [2.75, 3.05) is 26.2 Å². The summed E-state index contributed by atoms with van der Waals surface area (Å²) in [5.74, 6) is 0.588. The molecule has 0 radical (unpaired) electrons. The van der Waals surface area contributed by atoms with E-state index < -0.39 is 6.10 Å². The average molecular weight is 343 g/mol. The Morgan fingerprint density at radius 3 is 2.68 bits per heavy atom. The number of hydrogen-bond donors (Lipinski definition) is 2. The highest BCUT2D eigenvalue weighted by Gasteiger charge is 2.18. The highest BCUT2D eigenvalue weighted by Crippen LogP contribution is 2.15. The largest absolute Gasteiger partial charge is 0.390 e. The molecule has 0 saturated carbocycles. The van der Waals surface area contributed by atoms with Crippen LogP contribution in [0.2, 0.25) is 0 Å². The minimum absolute atomic E-state index is 0.184. The van der Waals surface area contributed by atoms with Crippen LogP contribution in [0.3, 0.4) is 0 Å². The summed E-state index contributed by atoms with van der Waals surface area (Å²) in [5.41, 5.74) is 1.40. The van der Waals surface area contributed by atoms with Crippen LogP contribution in [-0.2, 0) is 0 Å². The van der Waals surface area contributed by atoms with E-state index in [1.54, 1.807) is 29.2 Å². The van der Waals surface area contributed by atoms with E-state index in [1.165, 1.54) is 12.8 Å². The molecule has 25 heavy (non-hydrogen) atoms. The van der Waals surface area contributed by atoms with Crippen molar-refractivity contribution in [2.24, 2.45) is 5.92 Å². The van der Waals surface area contributed by atoms with E-state index >= 15 is 0 Å². The molecule has 0 aliphatic carbocycles. The van der Waals surface area contributed by atoms with Gasteiger partial charge in [-0.1, -0.05) is 12.1 Å². The van der Waals surface area contributed by atoms with Gasteiger partial charge in [-0.15, -0.1) is 5.10 Å². The quantitative estimate of drug-likeness (QED) is 0.820. The summed E-state index contributed by atoms with van der Waals surface area (Å²) in [7, 11) is 0. The second kappa shape index (κ2) is 8.22. The monoisotopic (exact) mass is 343 g/mol. The molecule has 1 saturated heterocycles. The fourth-order valence-corrected chi connectivity index (χ4v) is 3.03. The fourth-order valence-electron chi connectivity index (χ4n) is 3.03. The first-order valence-electron chi connectivity index (χ1n) is 8.77. The SMILES string of the molecule is CC1CCN(CC(O)CNC(=O)c2ccc(-n3ccnn3)cc2)CC1. The third kappa shape index (κ3) is 4.87. The second-order valence-corrected chi connectivity index (χ2v) is 6.74. The molecule has 0 spiro atoms. The van der Waals surface area contributed by atoms with Gasteiger partial charge in [0.05, 0.1) is 24.2 Å². The van der Waals surface area contributed by atoms with Crippen molar-refractivity contribution in [1.29, 1.82) is 0 Å². The highest BCUT2D eigenvalue weighted by atomic mass is 16.3. The number of aliphatic hydroxyl groups is 1. The van der Waals surface area contributed by atoms with Crippen LogP contribution >= 0.6 is 0 Å². The molecule has 1 aromatic carbocycles. The summed E-state index contributed by atoms with van der Waals surface area (Å²) in [6.07, 6.45) is 5.15. The van der Waals surface area contributed by atoms with Crippen LogP contribution in [0.5, 0.6) is 0 Å². The van der Waals surface area contributed by atoms with Gasteiger partial charge in [0.2, 0.25) is 0 Å². The molecule has 3 rings (SSSR count). The Morgan fingerprint density at radius 2 is 2.04 bits per heavy atom. The highest BCUT2D eigenvalue weighted by molar-refractivity contribution is 5.94. The Bertz CT molecular complexity index is 663. The number of aromatic nitrogens is 3. The maximum Gasteiger partial charge on any atom is 0.251 e. The zero-order valence-electron chi connectivity index (χ0n) is 14.5. The van der Waals surface area contributed by atoms with Gasteiger partial charge in [0.1, 0.15) is 0 Å². The van der Waals surface area contributed by atoms with Crippen molar-refractivity contribution in [3.8, 4) is 5.69 Å². The molecule has 7 heteroatoms. The predicted molar refractivity (Wildman–Crippen MR) is 94.5 cm³/mol. The van der Waals surface area contributed by atoms with Crippen molar-refractivity contribution < 1.29 is 9.90 Å². The molecule has 1 amide bonds. The van der Waals surface area contributed by atoms with Crippen LogP contribution in [0.4, 0.5) is 0 Å². The molecule has 134 valence electrons. The van der Waals surface area contributed by atoms with Gasteiger partial charge < -0.3 is 15.3 Å². The van der Waals surface area contributed by atoms with Gasteiger partial charge in [0, 0.05) is 18.7 Å². The lowest BCUT2D eigenvalue weighted by atomic mass is 9.99. The van der Waals surface area contributed by atoms with E-state index in [2.05, 4.69) is 27.5 Å². The van der Waals surface area contributed by atoms with Crippen LogP contribution in [0.25, 0.3) is 5.69 Å². The van der Waals surface area contributed by atoms with E-state index in [-0.39, 0.29) is 12.5 Å². The average Bonchev–Trinajstić information content (AvgIpc) is 3.16. The first-order chi connectivity index (χ1) is 12.1. The summed E-state index contributed by atoms with van der Waals surface area (Å²) < 4.78 is 1.63. The molecule has 7 nitrogen and oxygen atoms in total. The second-order valence-electron chi connectivity index (χ2n) is 6.74. The number of piperidine rings is 1. The number of carbonyl (C=O) groups excluding carboxylic acids is 1. The fraction of sp³-hybridized carbons (Fsp3) is 0.500. The van der Waals surface area contributed by atoms with Crippen LogP contribution in [0.15, 0.2) is 36.7 Å². The molecular formula is C18H25N5O2. The number of amides is 1. The van der Waals surface area contributed by atoms with Gasteiger partial charge in [-0.2, -0.15) is 0 Å². The maximum atomic E-state index is 12.2. The Labute approximate surface area is 147 Å². The minimum atomic E-state index is -0.549. The van der Waals surface area contributed by atoms with Crippen LogP contribution < -0.4 is 5.32 Å². The summed E-state index contributed by atoms with van der Waals surface area (Å²) in [6.45, 7) is 5.18. The van der Waals surface area contributed by atoms with Gasteiger partial charge in [-0.05, 0) is 56.1 Å². The number of benzene rings is 1. The maximum absolute atomic E-state index is 12.2. The normalized spacial score (nSPS) is 17.4. The lowest BCUT2D eigenvalue weighted by Gasteiger charge is -2.31. The zero-order chi connectivity index (χ0) is 17.6. The molecule has 1 atom stereocenters. The Balaban J connectivity index is 1.45. The number of β-amino-alcohol motifs (C(OH)–C–C–N with tert-alkyl or cyclic N) is 1. The smallest absolute Gasteiger partial charge is 0.251 e. The molecule has 1 aliphatic heterocycles. The van der Waals surface area contributed by atoms with Gasteiger partial charge >= 0.3 is 0 Å². The third-order valence-corrected chi connectivity index (χ3v) is 4.66. The van der Waals surface area contributed by atoms with Gasteiger partial charge in [0.15, 0.2) is 0 Å². The topological polar surface area (TPSA) is 83.3 Å². The number of likely N-dealkylation sites (tertiary alicyclic amines) is 1. The molecule has 2 N–H and O–H groups in total. The van der Waals surface area contributed by atoms with Crippen molar-refractivity contribution in [3.05, 3.63) is 42.2 Å². The molecule has 0 bridgehead atoms. The van der Waals surface area contributed by atoms with E-state index in [0.29, 0.717) is 12.1 Å². The lowest BCUT2D eigenvalue weighted by molar-refractivity contribution is 0.0795. The van der Waals surface area contributed by atoms with E-state index in [4.69, 9.17) is 0 Å². The van der Waals surface area contributed by atoms with E-state index in [9.17, 15) is 9.90 Å². The van der Waals surface area contributed by atoms with Crippen LogP contribution in [0, 0.1) is 5.92 Å². The first kappa shape index (κ1) is 17.6. The number of nitrogens with one attached hydrogen (secondary N) is 1. The van der Waals surface area contributed by atoms with Crippen molar-refractivity contribution in [1.82, 2.24) is 25.2 Å². The molecule has 1 aromatic heterocycles. The van der Waals surface area contributed by atoms with Gasteiger partial charge in [0.25, 0.3) is 5.91 Å². The first-order valence-corrected chi connectivity index (χ1v) is 8.77. The number of nitrogens with zero attached hydrogens (tertiary/aromatic N) is 4. The Kier molecular flexibility index (Phi) is 5.78. The van der Waals surface area contributed by atoms with Crippen LogP contribution in [0.1, 0.15) is 30.1 Å². The van der Waals surface area contributed by atoms with Gasteiger partial charge in [-0.3, -0.25) is 4.79 Å². The van der Waals surface area contributed by atoms with E-state index in [0.717, 1.165) is 24.7 Å². The zero-order valence-corrected chi connectivity index (χ0v) is 14.5. The Morgan fingerprint density at radius 1 is 1.32 bits per heavy atom. The lowest BCUT2D eigenvalue weighted by Crippen LogP contribution is -2.43. The van der Waals surface area contributed by atoms with Crippen molar-refractivity contribution in [2.45, 2.75) is 25.9 Å².